The monoisotopic (exact) mass is 610 g/mol. The summed E-state index contributed by atoms with van der Waals surface area (Å²) in [6.07, 6.45) is 0.653. The van der Waals surface area contributed by atoms with E-state index < -0.39 is 17.6 Å². The van der Waals surface area contributed by atoms with Crippen molar-refractivity contribution in [3.05, 3.63) is 77.6 Å². The highest BCUT2D eigenvalue weighted by Crippen LogP contribution is 2.18. The molecule has 0 saturated carbocycles. The van der Waals surface area contributed by atoms with Gasteiger partial charge in [0.25, 0.3) is 0 Å². The normalized spacial score (nSPS) is 12.4. The summed E-state index contributed by atoms with van der Waals surface area (Å²) in [5, 5.41) is 17.5. The first-order chi connectivity index (χ1) is 20.6. The van der Waals surface area contributed by atoms with Crippen molar-refractivity contribution in [1.29, 1.82) is 0 Å². The van der Waals surface area contributed by atoms with Gasteiger partial charge in [0.05, 0.1) is 32.3 Å². The SMILES string of the molecule is C.CC(C(=O)OCCCCNC(=O)OCCn1nnnc1[C@@H](COCc1ccccc1)NC(=O)C(C)(C)C)c1ccccc1. The van der Waals surface area contributed by atoms with Gasteiger partial charge in [0, 0.05) is 12.0 Å². The van der Waals surface area contributed by atoms with E-state index >= 15 is 0 Å². The first kappa shape index (κ1) is 35.9. The number of tetrazole rings is 1. The quantitative estimate of drug-likeness (QED) is 0.176. The molecule has 0 aliphatic rings. The average Bonchev–Trinajstić information content (AvgIpc) is 3.46. The van der Waals surface area contributed by atoms with Crippen molar-refractivity contribution < 1.29 is 28.6 Å². The van der Waals surface area contributed by atoms with E-state index in [4.69, 9.17) is 14.2 Å². The van der Waals surface area contributed by atoms with Gasteiger partial charge in [-0.2, -0.15) is 0 Å². The third-order valence-electron chi connectivity index (χ3n) is 6.53. The van der Waals surface area contributed by atoms with Crippen molar-refractivity contribution in [1.82, 2.24) is 30.8 Å². The van der Waals surface area contributed by atoms with E-state index in [0.717, 1.165) is 11.1 Å². The Morgan fingerprint density at radius 1 is 0.932 bits per heavy atom. The Morgan fingerprint density at radius 3 is 2.30 bits per heavy atom. The molecule has 0 saturated heterocycles. The van der Waals surface area contributed by atoms with Crippen molar-refractivity contribution in [3.63, 3.8) is 0 Å². The summed E-state index contributed by atoms with van der Waals surface area (Å²) in [5.41, 5.74) is 1.28. The molecule has 3 rings (SSSR count). The third kappa shape index (κ3) is 12.1. The van der Waals surface area contributed by atoms with Crippen LogP contribution >= 0.6 is 0 Å². The van der Waals surface area contributed by atoms with Gasteiger partial charge in [-0.1, -0.05) is 88.9 Å². The second kappa shape index (κ2) is 18.4. The molecular formula is C32H46N6O6. The zero-order valence-electron chi connectivity index (χ0n) is 25.3. The predicted octanol–water partition coefficient (Wildman–Crippen LogP) is 4.58. The van der Waals surface area contributed by atoms with E-state index in [0.29, 0.717) is 31.8 Å². The van der Waals surface area contributed by atoms with E-state index in [2.05, 4.69) is 26.2 Å². The smallest absolute Gasteiger partial charge is 0.407 e. The van der Waals surface area contributed by atoms with E-state index in [1.54, 1.807) is 0 Å². The van der Waals surface area contributed by atoms with Crippen molar-refractivity contribution >= 4 is 18.0 Å². The fraction of sp³-hybridized carbons (Fsp3) is 0.500. The van der Waals surface area contributed by atoms with Gasteiger partial charge < -0.3 is 24.8 Å². The highest BCUT2D eigenvalue weighted by molar-refractivity contribution is 5.81. The highest BCUT2D eigenvalue weighted by Gasteiger charge is 2.28. The number of amides is 2. The van der Waals surface area contributed by atoms with E-state index in [-0.39, 0.29) is 51.6 Å². The number of hydrogen-bond acceptors (Lipinski definition) is 9. The van der Waals surface area contributed by atoms with Crippen LogP contribution in [0, 0.1) is 5.41 Å². The lowest BCUT2D eigenvalue weighted by Gasteiger charge is -2.24. The van der Waals surface area contributed by atoms with E-state index in [9.17, 15) is 14.4 Å². The molecule has 2 N–H and O–H groups in total. The lowest BCUT2D eigenvalue weighted by Crippen LogP contribution is -2.40. The van der Waals surface area contributed by atoms with Crippen LogP contribution in [0.2, 0.25) is 0 Å². The second-order valence-electron chi connectivity index (χ2n) is 11.1. The number of aromatic nitrogens is 4. The van der Waals surface area contributed by atoms with Crippen molar-refractivity contribution in [2.24, 2.45) is 5.41 Å². The molecule has 2 amide bonds. The molecule has 0 fully saturated rings. The van der Waals surface area contributed by atoms with E-state index in [1.807, 2.05) is 88.4 Å². The zero-order chi connectivity index (χ0) is 31.1. The Balaban J connectivity index is 0.00000675. The van der Waals surface area contributed by atoms with Gasteiger partial charge in [-0.3, -0.25) is 9.59 Å². The number of esters is 1. The summed E-state index contributed by atoms with van der Waals surface area (Å²) in [6, 6.07) is 18.6. The summed E-state index contributed by atoms with van der Waals surface area (Å²) in [6.45, 7) is 8.64. The van der Waals surface area contributed by atoms with Crippen LogP contribution in [0.4, 0.5) is 4.79 Å². The molecule has 44 heavy (non-hydrogen) atoms. The Kier molecular flexibility index (Phi) is 15.0. The maximum atomic E-state index is 12.8. The molecule has 0 radical (unpaired) electrons. The molecule has 0 aliphatic heterocycles. The van der Waals surface area contributed by atoms with Gasteiger partial charge in [0.2, 0.25) is 5.91 Å². The first-order valence-electron chi connectivity index (χ1n) is 14.5. The Hall–Kier alpha value is -4.32. The molecule has 12 heteroatoms. The van der Waals surface area contributed by atoms with Crippen molar-refractivity contribution in [2.45, 2.75) is 73.1 Å². The summed E-state index contributed by atoms with van der Waals surface area (Å²) >= 11 is 0. The molecule has 2 aromatic carbocycles. The summed E-state index contributed by atoms with van der Waals surface area (Å²) < 4.78 is 18.0. The molecule has 1 aromatic heterocycles. The number of ether oxygens (including phenoxy) is 3. The number of carbonyl (C=O) groups excluding carboxylic acids is 3. The molecule has 0 bridgehead atoms. The van der Waals surface area contributed by atoms with Crippen LogP contribution in [0.15, 0.2) is 60.7 Å². The standard InChI is InChI=1S/C31H42N6O6.CH4/c1-23(25-15-9-6-10-16-25)28(38)42-19-12-11-17-32-30(40)43-20-18-37-27(34-35-36-37)26(33-29(39)31(2,3)4)22-41-21-24-13-7-5-8-14-24;/h5-10,13-16,23,26H,11-12,17-22H2,1-4H3,(H,32,40)(H,33,39);1H4/t23?,26-;/m1./s1. The van der Waals surface area contributed by atoms with Crippen LogP contribution < -0.4 is 10.6 Å². The number of carbonyl (C=O) groups is 3. The van der Waals surface area contributed by atoms with Gasteiger partial charge >= 0.3 is 12.1 Å². The minimum Gasteiger partial charge on any atom is -0.465 e. The van der Waals surface area contributed by atoms with Crippen LogP contribution in [0.25, 0.3) is 0 Å². The maximum absolute atomic E-state index is 12.8. The van der Waals surface area contributed by atoms with Crippen LogP contribution in [0.5, 0.6) is 0 Å². The van der Waals surface area contributed by atoms with Gasteiger partial charge in [-0.05, 0) is 41.3 Å². The Labute approximate surface area is 259 Å². The van der Waals surface area contributed by atoms with Crippen LogP contribution in [0.1, 0.15) is 76.9 Å². The average molecular weight is 611 g/mol. The fourth-order valence-corrected chi connectivity index (χ4v) is 3.91. The number of nitrogens with zero attached hydrogens (tertiary/aromatic N) is 4. The molecule has 240 valence electrons. The second-order valence-corrected chi connectivity index (χ2v) is 11.1. The van der Waals surface area contributed by atoms with Gasteiger partial charge in [0.15, 0.2) is 5.82 Å². The first-order valence-corrected chi connectivity index (χ1v) is 14.5. The minimum absolute atomic E-state index is 0. The number of alkyl carbamates (subject to hydrolysis) is 1. The minimum atomic E-state index is -0.626. The Morgan fingerprint density at radius 2 is 1.61 bits per heavy atom. The van der Waals surface area contributed by atoms with Crippen molar-refractivity contribution in [3.8, 4) is 0 Å². The van der Waals surface area contributed by atoms with Crippen molar-refractivity contribution in [2.75, 3.05) is 26.4 Å². The maximum Gasteiger partial charge on any atom is 0.407 e. The predicted molar refractivity (Wildman–Crippen MR) is 165 cm³/mol. The number of unbranched alkanes of at least 4 members (excludes halogenated alkanes) is 1. The highest BCUT2D eigenvalue weighted by atomic mass is 16.5. The van der Waals surface area contributed by atoms with Gasteiger partial charge in [-0.25, -0.2) is 9.48 Å². The topological polar surface area (TPSA) is 147 Å². The lowest BCUT2D eigenvalue weighted by atomic mass is 9.95. The van der Waals surface area contributed by atoms with Gasteiger partial charge in [0.1, 0.15) is 12.6 Å². The largest absolute Gasteiger partial charge is 0.465 e. The number of benzene rings is 2. The lowest BCUT2D eigenvalue weighted by molar-refractivity contribution is -0.145. The summed E-state index contributed by atoms with van der Waals surface area (Å²) in [7, 11) is 0. The number of hydrogen-bond donors (Lipinski definition) is 2. The number of rotatable bonds is 16. The van der Waals surface area contributed by atoms with Crippen LogP contribution in [-0.4, -0.2) is 64.5 Å². The molecule has 0 spiro atoms. The molecular weight excluding hydrogens is 564 g/mol. The molecule has 1 unspecified atom stereocenters. The molecule has 12 nitrogen and oxygen atoms in total. The molecule has 3 aromatic rings. The van der Waals surface area contributed by atoms with Gasteiger partial charge in [-0.15, -0.1) is 5.10 Å². The number of nitrogens with one attached hydrogen (secondary N) is 2. The molecule has 0 aliphatic carbocycles. The fourth-order valence-electron chi connectivity index (χ4n) is 3.91. The van der Waals surface area contributed by atoms with E-state index in [1.165, 1.54) is 4.68 Å². The third-order valence-corrected chi connectivity index (χ3v) is 6.53. The molecule has 1 heterocycles. The summed E-state index contributed by atoms with van der Waals surface area (Å²) in [4.78, 5) is 37.1. The van der Waals surface area contributed by atoms with Crippen LogP contribution in [-0.2, 0) is 37.0 Å². The summed E-state index contributed by atoms with van der Waals surface area (Å²) in [5.74, 6) is -0.386. The Bertz CT molecular complexity index is 1280. The van der Waals surface area contributed by atoms with Crippen LogP contribution in [0.3, 0.4) is 0 Å². The zero-order valence-corrected chi connectivity index (χ0v) is 25.3. The molecule has 2 atom stereocenters.